The van der Waals surface area contributed by atoms with Crippen molar-refractivity contribution in [2.45, 2.75) is 19.8 Å². The number of nitrogens with zero attached hydrogens (tertiary/aromatic N) is 5. The van der Waals surface area contributed by atoms with Crippen LogP contribution in [-0.2, 0) is 0 Å². The van der Waals surface area contributed by atoms with Crippen LogP contribution >= 0.6 is 0 Å². The fourth-order valence-corrected chi connectivity index (χ4v) is 2.60. The predicted molar refractivity (Wildman–Crippen MR) is 85.7 cm³/mol. The minimum atomic E-state index is -0.730. The molecule has 0 spiro atoms. The number of fused-ring (bicyclic) bond motifs is 1. The zero-order valence-corrected chi connectivity index (χ0v) is 13.4. The van der Waals surface area contributed by atoms with E-state index < -0.39 is 11.6 Å². The Morgan fingerprint density at radius 3 is 2.64 bits per heavy atom. The molecule has 25 heavy (non-hydrogen) atoms. The normalized spacial score (nSPS) is 11.6. The summed E-state index contributed by atoms with van der Waals surface area (Å²) in [4.78, 5) is 0. The Morgan fingerprint density at radius 1 is 1.04 bits per heavy atom. The summed E-state index contributed by atoms with van der Waals surface area (Å²) in [5, 5.41) is 16.5. The van der Waals surface area contributed by atoms with E-state index in [1.54, 1.807) is 16.6 Å². The molecule has 0 atom stereocenters. The molecule has 0 aliphatic rings. The Bertz CT molecular complexity index is 1070. The highest BCUT2D eigenvalue weighted by molar-refractivity contribution is 5.77. The maximum atomic E-state index is 14.1. The van der Waals surface area contributed by atoms with Crippen molar-refractivity contribution in [2.75, 3.05) is 0 Å². The van der Waals surface area contributed by atoms with Gasteiger partial charge in [0, 0.05) is 12.0 Å². The summed E-state index contributed by atoms with van der Waals surface area (Å²) in [6.07, 6.45) is 1.45. The molecular weight excluding hydrogens is 328 g/mol. The standard InChI is InChI=1S/C17H13F2N5O/c1-9(2)17-22-21-15-6-5-14(23-24(15)17)12-8-20-25-16(12)11-4-3-10(18)7-13(11)19/h3-9H,1-2H3. The molecular formula is C17H13F2N5O. The van der Waals surface area contributed by atoms with Gasteiger partial charge in [-0.2, -0.15) is 9.61 Å². The van der Waals surface area contributed by atoms with Crippen LogP contribution in [0.1, 0.15) is 25.6 Å². The van der Waals surface area contributed by atoms with Gasteiger partial charge in [0.05, 0.1) is 23.0 Å². The van der Waals surface area contributed by atoms with Gasteiger partial charge < -0.3 is 4.52 Å². The van der Waals surface area contributed by atoms with Crippen LogP contribution < -0.4 is 0 Å². The lowest BCUT2D eigenvalue weighted by atomic mass is 10.1. The lowest BCUT2D eigenvalue weighted by Crippen LogP contribution is -2.02. The molecule has 0 saturated heterocycles. The molecule has 0 aliphatic heterocycles. The number of aromatic nitrogens is 5. The molecule has 0 saturated carbocycles. The van der Waals surface area contributed by atoms with Crippen LogP contribution in [0.2, 0.25) is 0 Å². The van der Waals surface area contributed by atoms with Crippen molar-refractivity contribution >= 4 is 5.65 Å². The molecule has 0 unspecified atom stereocenters. The number of hydrogen-bond acceptors (Lipinski definition) is 5. The summed E-state index contributed by atoms with van der Waals surface area (Å²) in [5.41, 5.74) is 1.74. The topological polar surface area (TPSA) is 69.1 Å². The van der Waals surface area contributed by atoms with E-state index in [0.29, 0.717) is 22.7 Å². The zero-order chi connectivity index (χ0) is 17.6. The maximum Gasteiger partial charge on any atom is 0.179 e. The predicted octanol–water partition coefficient (Wildman–Crippen LogP) is 3.85. The first-order valence-electron chi connectivity index (χ1n) is 7.67. The van der Waals surface area contributed by atoms with Gasteiger partial charge in [-0.15, -0.1) is 10.2 Å². The number of benzene rings is 1. The summed E-state index contributed by atoms with van der Waals surface area (Å²) in [6, 6.07) is 6.77. The second-order valence-corrected chi connectivity index (χ2v) is 5.89. The van der Waals surface area contributed by atoms with E-state index in [1.807, 2.05) is 13.8 Å². The first-order chi connectivity index (χ1) is 12.0. The van der Waals surface area contributed by atoms with Crippen molar-refractivity contribution in [3.63, 3.8) is 0 Å². The molecule has 1 aromatic carbocycles. The molecule has 0 N–H and O–H groups in total. The summed E-state index contributed by atoms with van der Waals surface area (Å²) in [7, 11) is 0. The highest BCUT2D eigenvalue weighted by Gasteiger charge is 2.19. The SMILES string of the molecule is CC(C)c1nnc2ccc(-c3cnoc3-c3ccc(F)cc3F)nn12. The average molecular weight is 341 g/mol. The Morgan fingerprint density at radius 2 is 1.88 bits per heavy atom. The third-order valence-corrected chi connectivity index (χ3v) is 3.83. The van der Waals surface area contributed by atoms with Crippen LogP contribution in [-0.4, -0.2) is 25.0 Å². The minimum absolute atomic E-state index is 0.114. The van der Waals surface area contributed by atoms with Gasteiger partial charge in [-0.05, 0) is 24.3 Å². The number of rotatable bonds is 3. The van der Waals surface area contributed by atoms with Crippen LogP contribution in [0.5, 0.6) is 0 Å². The molecule has 0 fully saturated rings. The van der Waals surface area contributed by atoms with E-state index in [1.165, 1.54) is 12.3 Å². The smallest absolute Gasteiger partial charge is 0.179 e. The molecule has 8 heteroatoms. The molecule has 0 bridgehead atoms. The Labute approximate surface area is 141 Å². The van der Waals surface area contributed by atoms with E-state index in [4.69, 9.17) is 4.52 Å². The van der Waals surface area contributed by atoms with Gasteiger partial charge in [-0.1, -0.05) is 19.0 Å². The van der Waals surface area contributed by atoms with Crippen molar-refractivity contribution in [1.29, 1.82) is 0 Å². The molecule has 6 nitrogen and oxygen atoms in total. The van der Waals surface area contributed by atoms with Crippen molar-refractivity contribution in [3.8, 4) is 22.6 Å². The van der Waals surface area contributed by atoms with Crippen molar-refractivity contribution in [2.24, 2.45) is 0 Å². The van der Waals surface area contributed by atoms with Crippen molar-refractivity contribution < 1.29 is 13.3 Å². The monoisotopic (exact) mass is 341 g/mol. The van der Waals surface area contributed by atoms with Crippen LogP contribution in [0.15, 0.2) is 41.1 Å². The van der Waals surface area contributed by atoms with Gasteiger partial charge >= 0.3 is 0 Å². The van der Waals surface area contributed by atoms with Crippen molar-refractivity contribution in [3.05, 3.63) is 54.0 Å². The summed E-state index contributed by atoms with van der Waals surface area (Å²) >= 11 is 0. The van der Waals surface area contributed by atoms with E-state index in [0.717, 1.165) is 12.1 Å². The third-order valence-electron chi connectivity index (χ3n) is 3.83. The largest absolute Gasteiger partial charge is 0.355 e. The van der Waals surface area contributed by atoms with E-state index in [9.17, 15) is 8.78 Å². The lowest BCUT2D eigenvalue weighted by molar-refractivity contribution is 0.429. The lowest BCUT2D eigenvalue weighted by Gasteiger charge is -2.05. The first kappa shape index (κ1) is 15.4. The molecule has 126 valence electrons. The summed E-state index contributed by atoms with van der Waals surface area (Å²) in [5.74, 6) is -0.361. The van der Waals surface area contributed by atoms with Gasteiger partial charge in [0.1, 0.15) is 11.6 Å². The molecule has 0 amide bonds. The average Bonchev–Trinajstić information content (AvgIpc) is 3.20. The Balaban J connectivity index is 1.87. The fourth-order valence-electron chi connectivity index (χ4n) is 2.60. The van der Waals surface area contributed by atoms with Crippen molar-refractivity contribution in [1.82, 2.24) is 25.0 Å². The van der Waals surface area contributed by atoms with Gasteiger partial charge in [0.15, 0.2) is 17.2 Å². The van der Waals surface area contributed by atoms with E-state index in [2.05, 4.69) is 20.5 Å². The maximum absolute atomic E-state index is 14.1. The zero-order valence-electron chi connectivity index (χ0n) is 13.4. The van der Waals surface area contributed by atoms with E-state index >= 15 is 0 Å². The van der Waals surface area contributed by atoms with Gasteiger partial charge in [0.25, 0.3) is 0 Å². The minimum Gasteiger partial charge on any atom is -0.355 e. The summed E-state index contributed by atoms with van der Waals surface area (Å²) in [6.45, 7) is 3.98. The first-order valence-corrected chi connectivity index (χ1v) is 7.67. The van der Waals surface area contributed by atoms with Crippen LogP contribution in [0, 0.1) is 11.6 Å². The number of halogens is 2. The molecule has 4 aromatic rings. The third kappa shape index (κ3) is 2.55. The Kier molecular flexibility index (Phi) is 3.52. The Hall–Kier alpha value is -3.16. The van der Waals surface area contributed by atoms with Crippen LogP contribution in [0.25, 0.3) is 28.2 Å². The number of hydrogen-bond donors (Lipinski definition) is 0. The fraction of sp³-hybridized carbons (Fsp3) is 0.176. The molecule has 3 aromatic heterocycles. The molecule has 3 heterocycles. The molecule has 4 rings (SSSR count). The highest BCUT2D eigenvalue weighted by atomic mass is 19.1. The van der Waals surface area contributed by atoms with Gasteiger partial charge in [-0.25, -0.2) is 8.78 Å². The second-order valence-electron chi connectivity index (χ2n) is 5.89. The van der Waals surface area contributed by atoms with Crippen LogP contribution in [0.3, 0.4) is 0 Å². The van der Waals surface area contributed by atoms with E-state index in [-0.39, 0.29) is 17.2 Å². The summed E-state index contributed by atoms with van der Waals surface area (Å²) < 4.78 is 34.1. The quantitative estimate of drug-likeness (QED) is 0.566. The van der Waals surface area contributed by atoms with Gasteiger partial charge in [-0.3, -0.25) is 0 Å². The molecule has 0 aliphatic carbocycles. The van der Waals surface area contributed by atoms with Crippen LogP contribution in [0.4, 0.5) is 8.78 Å². The molecule has 0 radical (unpaired) electrons. The highest BCUT2D eigenvalue weighted by Crippen LogP contribution is 2.33. The van der Waals surface area contributed by atoms with Gasteiger partial charge in [0.2, 0.25) is 0 Å². The second kappa shape index (κ2) is 5.73.